The molecule has 4 aromatic carbocycles. The van der Waals surface area contributed by atoms with Crippen molar-refractivity contribution in [2.45, 2.75) is 70.2 Å². The maximum atomic E-state index is 13.3. The molecule has 5 rings (SSSR count). The normalized spacial score (nSPS) is 15.2. The lowest BCUT2D eigenvalue weighted by Gasteiger charge is -2.38. The van der Waals surface area contributed by atoms with Gasteiger partial charge in [-0.05, 0) is 33.4 Å². The number of carbonyl (C=O) groups is 6. The number of benzene rings is 4. The Labute approximate surface area is 322 Å². The molecule has 2 radical (unpaired) electrons. The molecular weight excluding hydrogens is 698 g/mol. The second kappa shape index (κ2) is 18.1. The smallest absolute Gasteiger partial charge is 0.331 e. The van der Waals surface area contributed by atoms with Crippen LogP contribution in [0.4, 0.5) is 0 Å². The molecule has 1 aliphatic heterocycles. The lowest BCUT2D eigenvalue weighted by atomic mass is 9.71. The van der Waals surface area contributed by atoms with E-state index in [1.165, 1.54) is 13.8 Å². The predicted molar refractivity (Wildman–Crippen MR) is 211 cm³/mol. The molecule has 282 valence electrons. The van der Waals surface area contributed by atoms with Crippen LogP contribution in [0, 0.1) is 5.92 Å². The highest BCUT2D eigenvalue weighted by atomic mass is 16.7. The first-order chi connectivity index (χ1) is 26.0. The largest absolute Gasteiger partial charge is 0.480 e. The van der Waals surface area contributed by atoms with E-state index in [1.54, 1.807) is 13.8 Å². The SMILES string of the molecule is CC(C)(c1ccc(-c2ccccc2)cc1)[C@@H](N[B]C=O)C(=O)O.CC1(C)OC(=O)C(C(=O)[C@H](N[B]C=O)C(C)(C)c2ccc(-c3ccccc3)cc2)C(=O)O1. The third kappa shape index (κ3) is 10.3. The molecule has 3 N–H and O–H groups in total. The highest BCUT2D eigenvalue weighted by Gasteiger charge is 2.51. The van der Waals surface area contributed by atoms with E-state index in [2.05, 4.69) is 10.5 Å². The first-order valence-corrected chi connectivity index (χ1v) is 17.6. The molecule has 1 saturated heterocycles. The maximum Gasteiger partial charge on any atom is 0.331 e. The van der Waals surface area contributed by atoms with Gasteiger partial charge in [-0.15, -0.1) is 0 Å². The molecule has 0 bridgehead atoms. The van der Waals surface area contributed by atoms with Crippen LogP contribution in [0.3, 0.4) is 0 Å². The van der Waals surface area contributed by atoms with Gasteiger partial charge in [0.1, 0.15) is 6.04 Å². The molecule has 1 aliphatic rings. The van der Waals surface area contributed by atoms with Crippen LogP contribution in [0.25, 0.3) is 22.3 Å². The summed E-state index contributed by atoms with van der Waals surface area (Å²) in [7, 11) is 2.20. The van der Waals surface area contributed by atoms with Crippen LogP contribution in [-0.4, -0.2) is 73.9 Å². The van der Waals surface area contributed by atoms with Crippen molar-refractivity contribution in [3.05, 3.63) is 120 Å². The van der Waals surface area contributed by atoms with Crippen molar-refractivity contribution in [2.24, 2.45) is 5.92 Å². The van der Waals surface area contributed by atoms with E-state index in [1.807, 2.05) is 123 Å². The fourth-order valence-electron chi connectivity index (χ4n) is 6.40. The molecule has 0 spiro atoms. The summed E-state index contributed by atoms with van der Waals surface area (Å²) < 4.78 is 10.2. The zero-order chi connectivity index (χ0) is 40.4. The van der Waals surface area contributed by atoms with Crippen LogP contribution in [-0.2, 0) is 49.1 Å². The molecule has 1 fully saturated rings. The van der Waals surface area contributed by atoms with E-state index >= 15 is 0 Å². The number of ether oxygens (including phenoxy) is 2. The minimum absolute atomic E-state index is 0.496. The standard InChI is InChI=1S/C24H25BNO6.C18H19BNO3/c1-23(2,17-12-10-16(11-13-17)15-8-6-5-7-9-15)20(26-25-14-27)19(28)18-21(29)31-24(3,4)32-22(18)30;1-18(2,16(17(22)23)20-19-12-21)15-10-8-14(9-11-15)13-6-4-3-5-7-13/h5-14,18,20,26H,1-4H3;3-12,16,20H,1-2H3,(H,22,23)/t20-;16-/m00/s1. The number of carboxylic acids is 1. The fraction of sp³-hybridized carbons (Fsp3) is 0.286. The van der Waals surface area contributed by atoms with Crippen molar-refractivity contribution in [1.82, 2.24) is 10.5 Å². The first-order valence-electron chi connectivity index (χ1n) is 17.6. The van der Waals surface area contributed by atoms with Gasteiger partial charge in [0.15, 0.2) is 5.78 Å². The number of aliphatic carboxylic acids is 1. The molecule has 0 unspecified atom stereocenters. The lowest BCUT2D eigenvalue weighted by Crippen LogP contribution is -2.59. The third-order valence-corrected chi connectivity index (χ3v) is 9.56. The van der Waals surface area contributed by atoms with Crippen LogP contribution < -0.4 is 10.5 Å². The van der Waals surface area contributed by atoms with Gasteiger partial charge in [0, 0.05) is 24.7 Å². The number of cyclic esters (lactones) is 2. The summed E-state index contributed by atoms with van der Waals surface area (Å²) in [5.41, 5.74) is 4.33. The summed E-state index contributed by atoms with van der Waals surface area (Å²) in [5, 5.41) is 14.8. The van der Waals surface area contributed by atoms with Crippen LogP contribution >= 0.6 is 0 Å². The number of hydrogen-bond donors (Lipinski definition) is 3. The van der Waals surface area contributed by atoms with Crippen LogP contribution in [0.1, 0.15) is 52.7 Å². The van der Waals surface area contributed by atoms with Gasteiger partial charge in [0.2, 0.25) is 5.92 Å². The predicted octanol–water partition coefficient (Wildman–Crippen LogP) is 4.90. The Hall–Kier alpha value is -5.65. The Morgan fingerprint density at radius 1 is 0.636 bits per heavy atom. The summed E-state index contributed by atoms with van der Waals surface area (Å²) in [6.07, 6.45) is 1.04. The Kier molecular flexibility index (Phi) is 13.9. The number of Topliss-reactive ketones (excluding diaryl/α,β-unsaturated/α-hetero) is 1. The number of esters is 2. The van der Waals surface area contributed by atoms with E-state index in [4.69, 9.17) is 9.47 Å². The van der Waals surface area contributed by atoms with Crippen LogP contribution in [0.5, 0.6) is 0 Å². The van der Waals surface area contributed by atoms with Gasteiger partial charge in [-0.2, -0.15) is 0 Å². The van der Waals surface area contributed by atoms with Gasteiger partial charge >= 0.3 is 17.9 Å². The van der Waals surface area contributed by atoms with E-state index in [0.29, 0.717) is 12.4 Å². The van der Waals surface area contributed by atoms with Gasteiger partial charge in [-0.25, -0.2) is 0 Å². The maximum absolute atomic E-state index is 13.3. The Balaban J connectivity index is 0.000000258. The summed E-state index contributed by atoms with van der Waals surface area (Å²) in [6.45, 7) is 10.1. The Bertz CT molecular complexity index is 1950. The molecular formula is C42H44B2N2O9. The number of carbonyl (C=O) groups excluding carboxylic acids is 5. The number of carboxylic acid groups (broad SMARTS) is 1. The molecule has 0 amide bonds. The Morgan fingerprint density at radius 3 is 1.35 bits per heavy atom. The molecule has 2 atom stereocenters. The minimum atomic E-state index is -1.73. The van der Waals surface area contributed by atoms with Crippen LogP contribution in [0.2, 0.25) is 0 Å². The lowest BCUT2D eigenvalue weighted by molar-refractivity contribution is -0.238. The number of hydrogen-bond acceptors (Lipinski definition) is 10. The molecule has 13 heteroatoms. The van der Waals surface area contributed by atoms with Gasteiger partial charge in [0.05, 0.1) is 18.4 Å². The average Bonchev–Trinajstić information content (AvgIpc) is 3.15. The molecule has 0 aliphatic carbocycles. The molecule has 4 aromatic rings. The highest BCUT2D eigenvalue weighted by Crippen LogP contribution is 2.34. The quantitative estimate of drug-likeness (QED) is 0.0657. The number of rotatable bonds is 15. The topological polar surface area (TPSA) is 165 Å². The minimum Gasteiger partial charge on any atom is -0.480 e. The monoisotopic (exact) mass is 742 g/mol. The molecule has 11 nitrogen and oxygen atoms in total. The van der Waals surface area contributed by atoms with Crippen molar-refractivity contribution >= 4 is 50.9 Å². The summed E-state index contributed by atoms with van der Waals surface area (Å²) in [5.74, 6) is -6.84. The van der Waals surface area contributed by atoms with E-state index in [9.17, 15) is 33.9 Å². The van der Waals surface area contributed by atoms with Crippen molar-refractivity contribution < 1.29 is 43.3 Å². The van der Waals surface area contributed by atoms with Crippen molar-refractivity contribution in [2.75, 3.05) is 0 Å². The fourth-order valence-corrected chi connectivity index (χ4v) is 6.40. The van der Waals surface area contributed by atoms with Crippen molar-refractivity contribution in [3.63, 3.8) is 0 Å². The van der Waals surface area contributed by atoms with Crippen molar-refractivity contribution in [3.8, 4) is 22.3 Å². The molecule has 0 saturated carbocycles. The zero-order valence-electron chi connectivity index (χ0n) is 31.6. The van der Waals surface area contributed by atoms with Crippen LogP contribution in [0.15, 0.2) is 109 Å². The summed E-state index contributed by atoms with van der Waals surface area (Å²) in [4.78, 5) is 71.2. The Morgan fingerprint density at radius 2 is 0.982 bits per heavy atom. The van der Waals surface area contributed by atoms with Gasteiger partial charge in [-0.1, -0.05) is 137 Å². The second-order valence-corrected chi connectivity index (χ2v) is 14.6. The number of nitrogens with one attached hydrogen (secondary N) is 2. The third-order valence-electron chi connectivity index (χ3n) is 9.56. The summed E-state index contributed by atoms with van der Waals surface area (Å²) in [6, 6.07) is 33.3. The average molecular weight is 742 g/mol. The molecule has 55 heavy (non-hydrogen) atoms. The molecule has 0 aromatic heterocycles. The van der Waals surface area contributed by atoms with E-state index in [-0.39, 0.29) is 0 Å². The van der Waals surface area contributed by atoms with Gasteiger partial charge in [0.25, 0.3) is 20.6 Å². The van der Waals surface area contributed by atoms with Gasteiger partial charge < -0.3 is 34.6 Å². The molecule has 1 heterocycles. The van der Waals surface area contributed by atoms with E-state index in [0.717, 1.165) is 48.2 Å². The highest BCUT2D eigenvalue weighted by molar-refractivity contribution is 6.65. The zero-order valence-corrected chi connectivity index (χ0v) is 31.6. The summed E-state index contributed by atoms with van der Waals surface area (Å²) >= 11 is 0. The first kappa shape index (κ1) is 42.1. The van der Waals surface area contributed by atoms with Gasteiger partial charge in [-0.3, -0.25) is 19.2 Å². The second-order valence-electron chi connectivity index (χ2n) is 14.6. The number of ketones is 1. The van der Waals surface area contributed by atoms with Crippen molar-refractivity contribution in [1.29, 1.82) is 0 Å². The van der Waals surface area contributed by atoms with E-state index < -0.39 is 58.3 Å².